The maximum Gasteiger partial charge on any atom is 0.224 e. The van der Waals surface area contributed by atoms with Gasteiger partial charge in [0.1, 0.15) is 0 Å². The molecule has 1 aliphatic rings. The Morgan fingerprint density at radius 3 is 2.82 bits per heavy atom. The second-order valence-electron chi connectivity index (χ2n) is 2.66. The van der Waals surface area contributed by atoms with E-state index in [0.29, 0.717) is 0 Å². The summed E-state index contributed by atoms with van der Waals surface area (Å²) in [5.74, 6) is 0.381. The minimum absolute atomic E-state index is 0. The lowest BCUT2D eigenvalue weighted by Gasteiger charge is -2.20. The van der Waals surface area contributed by atoms with Gasteiger partial charge in [0.25, 0.3) is 0 Å². The number of halogens is 1. The molecular weight excluding hydrogens is 164 g/mol. The lowest BCUT2D eigenvalue weighted by atomic mass is 9.99. The normalized spacial score (nSPS) is 23.5. The summed E-state index contributed by atoms with van der Waals surface area (Å²) in [6.45, 7) is 1.91. The molecule has 1 unspecified atom stereocenters. The first kappa shape index (κ1) is 10.7. The molecule has 1 amide bonds. The molecule has 0 spiro atoms. The molecule has 4 heteroatoms. The second kappa shape index (κ2) is 5.38. The van der Waals surface area contributed by atoms with Crippen molar-refractivity contribution in [1.82, 2.24) is 10.6 Å². The predicted octanol–water partition coefficient (Wildman–Crippen LogP) is 0.154. The van der Waals surface area contributed by atoms with E-state index < -0.39 is 0 Å². The van der Waals surface area contributed by atoms with Gasteiger partial charge in [0.15, 0.2) is 0 Å². The van der Waals surface area contributed by atoms with Crippen LogP contribution in [0.4, 0.5) is 0 Å². The first-order valence-electron chi connectivity index (χ1n) is 3.77. The zero-order valence-corrected chi connectivity index (χ0v) is 7.54. The Labute approximate surface area is 73.3 Å². The summed E-state index contributed by atoms with van der Waals surface area (Å²) >= 11 is 0. The van der Waals surface area contributed by atoms with E-state index in [1.165, 1.54) is 0 Å². The molecule has 1 fully saturated rings. The van der Waals surface area contributed by atoms with Gasteiger partial charge in [-0.3, -0.25) is 4.79 Å². The largest absolute Gasteiger partial charge is 0.359 e. The average molecular weight is 179 g/mol. The van der Waals surface area contributed by atoms with E-state index >= 15 is 0 Å². The fraction of sp³-hybridized carbons (Fsp3) is 0.857. The summed E-state index contributed by atoms with van der Waals surface area (Å²) in [7, 11) is 1.69. The van der Waals surface area contributed by atoms with Crippen LogP contribution >= 0.6 is 12.4 Å². The third-order valence-electron chi connectivity index (χ3n) is 1.91. The smallest absolute Gasteiger partial charge is 0.224 e. The van der Waals surface area contributed by atoms with Crippen molar-refractivity contribution >= 4 is 18.3 Å². The lowest BCUT2D eigenvalue weighted by Crippen LogP contribution is -2.39. The number of hydrogen-bond acceptors (Lipinski definition) is 2. The fourth-order valence-corrected chi connectivity index (χ4v) is 1.28. The molecule has 3 nitrogen and oxygen atoms in total. The van der Waals surface area contributed by atoms with Crippen molar-refractivity contribution in [3.63, 3.8) is 0 Å². The summed E-state index contributed by atoms with van der Waals surface area (Å²) < 4.78 is 0. The van der Waals surface area contributed by atoms with Gasteiger partial charge in [-0.2, -0.15) is 0 Å². The molecule has 11 heavy (non-hydrogen) atoms. The Hall–Kier alpha value is -0.280. The van der Waals surface area contributed by atoms with Crippen LogP contribution in [0.15, 0.2) is 0 Å². The van der Waals surface area contributed by atoms with Gasteiger partial charge in [0.2, 0.25) is 5.91 Å². The maximum absolute atomic E-state index is 11.0. The van der Waals surface area contributed by atoms with Crippen LogP contribution in [-0.4, -0.2) is 26.0 Å². The van der Waals surface area contributed by atoms with Crippen molar-refractivity contribution in [1.29, 1.82) is 0 Å². The average Bonchev–Trinajstić information content (AvgIpc) is 2.05. The quantitative estimate of drug-likeness (QED) is 0.601. The van der Waals surface area contributed by atoms with E-state index in [9.17, 15) is 4.79 Å². The molecule has 1 aliphatic heterocycles. The van der Waals surface area contributed by atoms with Gasteiger partial charge in [-0.25, -0.2) is 0 Å². The van der Waals surface area contributed by atoms with Gasteiger partial charge in [-0.15, -0.1) is 12.4 Å². The van der Waals surface area contributed by atoms with Crippen molar-refractivity contribution in [3.8, 4) is 0 Å². The van der Waals surface area contributed by atoms with E-state index in [1.807, 2.05) is 0 Å². The summed E-state index contributed by atoms with van der Waals surface area (Å²) in [6.07, 6.45) is 2.16. The third-order valence-corrected chi connectivity index (χ3v) is 1.91. The van der Waals surface area contributed by atoms with Gasteiger partial charge in [-0.1, -0.05) is 0 Å². The molecule has 2 N–H and O–H groups in total. The van der Waals surface area contributed by atoms with E-state index in [0.717, 1.165) is 25.9 Å². The topological polar surface area (TPSA) is 41.1 Å². The van der Waals surface area contributed by atoms with Crippen LogP contribution in [0.2, 0.25) is 0 Å². The molecule has 0 aromatic rings. The molecule has 0 aromatic carbocycles. The molecule has 0 aromatic heterocycles. The van der Waals surface area contributed by atoms with Crippen molar-refractivity contribution in [3.05, 3.63) is 0 Å². The molecule has 0 bridgehead atoms. The van der Waals surface area contributed by atoms with Crippen molar-refractivity contribution < 1.29 is 4.79 Å². The third kappa shape index (κ3) is 3.08. The molecule has 1 heterocycles. The van der Waals surface area contributed by atoms with Gasteiger partial charge in [0.05, 0.1) is 5.92 Å². The molecule has 0 aliphatic carbocycles. The zero-order valence-electron chi connectivity index (χ0n) is 6.72. The molecule has 1 rings (SSSR count). The minimum Gasteiger partial charge on any atom is -0.359 e. The Morgan fingerprint density at radius 2 is 2.36 bits per heavy atom. The first-order valence-corrected chi connectivity index (χ1v) is 3.77. The van der Waals surface area contributed by atoms with Crippen LogP contribution < -0.4 is 10.6 Å². The number of hydrogen-bond donors (Lipinski definition) is 2. The number of nitrogens with one attached hydrogen (secondary N) is 2. The monoisotopic (exact) mass is 178 g/mol. The minimum atomic E-state index is 0. The summed E-state index contributed by atoms with van der Waals surface area (Å²) in [5, 5.41) is 5.84. The van der Waals surface area contributed by atoms with Crippen LogP contribution in [-0.2, 0) is 4.79 Å². The molecule has 1 saturated heterocycles. The second-order valence-corrected chi connectivity index (χ2v) is 2.66. The summed E-state index contributed by atoms with van der Waals surface area (Å²) in [5.41, 5.74) is 0. The highest BCUT2D eigenvalue weighted by Crippen LogP contribution is 2.08. The Bertz CT molecular complexity index is 124. The highest BCUT2D eigenvalue weighted by atomic mass is 35.5. The van der Waals surface area contributed by atoms with E-state index in [-0.39, 0.29) is 24.2 Å². The molecule has 66 valence electrons. The molecular formula is C7H15ClN2O. The predicted molar refractivity (Wildman–Crippen MR) is 46.9 cm³/mol. The number of carbonyl (C=O) groups excluding carboxylic acids is 1. The summed E-state index contributed by atoms with van der Waals surface area (Å²) in [6, 6.07) is 0. The number of piperidine rings is 1. The first-order chi connectivity index (χ1) is 4.84. The van der Waals surface area contributed by atoms with Gasteiger partial charge in [-0.05, 0) is 19.4 Å². The fourth-order valence-electron chi connectivity index (χ4n) is 1.28. The van der Waals surface area contributed by atoms with Gasteiger partial charge in [0, 0.05) is 13.6 Å². The molecule has 1 atom stereocenters. The highest BCUT2D eigenvalue weighted by molar-refractivity contribution is 5.85. The standard InChI is InChI=1S/C7H14N2O.ClH/c1-8-7(10)6-3-2-4-9-5-6;/h6,9H,2-5H2,1H3,(H,8,10);1H. The SMILES string of the molecule is CNC(=O)C1CCCNC1.Cl. The van der Waals surface area contributed by atoms with Gasteiger partial charge >= 0.3 is 0 Å². The van der Waals surface area contributed by atoms with Crippen molar-refractivity contribution in [2.24, 2.45) is 5.92 Å². The van der Waals surface area contributed by atoms with Crippen LogP contribution in [0.25, 0.3) is 0 Å². The van der Waals surface area contributed by atoms with E-state index in [2.05, 4.69) is 10.6 Å². The Kier molecular flexibility index (Phi) is 5.24. The zero-order chi connectivity index (χ0) is 7.40. The lowest BCUT2D eigenvalue weighted by molar-refractivity contribution is -0.124. The Balaban J connectivity index is 0.000001000. The van der Waals surface area contributed by atoms with Crippen LogP contribution in [0.5, 0.6) is 0 Å². The maximum atomic E-state index is 11.0. The molecule has 0 saturated carbocycles. The van der Waals surface area contributed by atoms with Crippen LogP contribution in [0, 0.1) is 5.92 Å². The number of rotatable bonds is 1. The number of carbonyl (C=O) groups is 1. The number of amides is 1. The summed E-state index contributed by atoms with van der Waals surface area (Å²) in [4.78, 5) is 11.0. The highest BCUT2D eigenvalue weighted by Gasteiger charge is 2.18. The van der Waals surface area contributed by atoms with E-state index in [1.54, 1.807) is 7.05 Å². The van der Waals surface area contributed by atoms with Crippen molar-refractivity contribution in [2.75, 3.05) is 20.1 Å². The van der Waals surface area contributed by atoms with Crippen molar-refractivity contribution in [2.45, 2.75) is 12.8 Å². The van der Waals surface area contributed by atoms with Crippen LogP contribution in [0.3, 0.4) is 0 Å². The van der Waals surface area contributed by atoms with E-state index in [4.69, 9.17) is 0 Å². The van der Waals surface area contributed by atoms with Crippen LogP contribution in [0.1, 0.15) is 12.8 Å². The van der Waals surface area contributed by atoms with Gasteiger partial charge < -0.3 is 10.6 Å². The molecule has 0 radical (unpaired) electrons. The Morgan fingerprint density at radius 1 is 1.64 bits per heavy atom.